The van der Waals surface area contributed by atoms with Crippen LogP contribution in [0.2, 0.25) is 0 Å². The van der Waals surface area contributed by atoms with E-state index in [0.29, 0.717) is 12.6 Å². The summed E-state index contributed by atoms with van der Waals surface area (Å²) in [6.07, 6.45) is 3.86. The van der Waals surface area contributed by atoms with E-state index in [1.165, 1.54) is 0 Å². The molecule has 1 fully saturated rings. The number of nitrogens with one attached hydrogen (secondary N) is 1. The van der Waals surface area contributed by atoms with Crippen molar-refractivity contribution in [2.75, 3.05) is 13.1 Å². The summed E-state index contributed by atoms with van der Waals surface area (Å²) in [4.78, 5) is 14.3. The third kappa shape index (κ3) is 5.39. The number of rotatable bonds is 6. The Hall–Kier alpha value is -2.32. The maximum Gasteiger partial charge on any atom is 0.240 e. The van der Waals surface area contributed by atoms with Crippen molar-refractivity contribution in [3.8, 4) is 0 Å². The lowest BCUT2D eigenvalue weighted by molar-refractivity contribution is -0.133. The summed E-state index contributed by atoms with van der Waals surface area (Å²) >= 11 is 0. The summed E-state index contributed by atoms with van der Waals surface area (Å²) in [5.41, 5.74) is 1.07. The van der Waals surface area contributed by atoms with E-state index in [-0.39, 0.29) is 29.8 Å². The number of benzene rings is 2. The van der Waals surface area contributed by atoms with Crippen molar-refractivity contribution < 1.29 is 22.0 Å². The minimum absolute atomic E-state index is 0.00770. The zero-order valence-corrected chi connectivity index (χ0v) is 16.8. The Bertz CT molecular complexity index is 952. The van der Waals surface area contributed by atoms with Crippen LogP contribution in [0.1, 0.15) is 43.7 Å². The molecule has 1 N–H and O–H groups in total. The highest BCUT2D eigenvalue weighted by Crippen LogP contribution is 2.30. The summed E-state index contributed by atoms with van der Waals surface area (Å²) < 4.78 is 53.2. The van der Waals surface area contributed by atoms with Crippen LogP contribution in [0.15, 0.2) is 53.4 Å². The van der Waals surface area contributed by atoms with Crippen LogP contribution in [0.5, 0.6) is 0 Å². The lowest BCUT2D eigenvalue weighted by atomic mass is 10.0. The summed E-state index contributed by atoms with van der Waals surface area (Å²) in [6, 6.07) is 12.2. The molecule has 0 aromatic heterocycles. The molecule has 29 heavy (non-hydrogen) atoms. The normalized spacial score (nSPS) is 17.7. The molecular formula is C21H24F2N2O3S. The Morgan fingerprint density at radius 1 is 1.03 bits per heavy atom. The molecular weight excluding hydrogens is 398 g/mol. The first-order valence-corrected chi connectivity index (χ1v) is 11.2. The van der Waals surface area contributed by atoms with Gasteiger partial charge in [0.05, 0.1) is 10.9 Å². The molecule has 1 unspecified atom stereocenters. The van der Waals surface area contributed by atoms with E-state index in [4.69, 9.17) is 0 Å². The average Bonchev–Trinajstić information content (AvgIpc) is 2.96. The molecule has 2 aromatic rings. The Balaban J connectivity index is 1.64. The molecule has 156 valence electrons. The van der Waals surface area contributed by atoms with Crippen molar-refractivity contribution in [2.45, 2.75) is 43.0 Å². The van der Waals surface area contributed by atoms with Gasteiger partial charge in [-0.2, -0.15) is 0 Å². The van der Waals surface area contributed by atoms with E-state index in [1.54, 1.807) is 0 Å². The molecule has 0 aliphatic carbocycles. The molecule has 1 atom stereocenters. The molecule has 0 radical (unpaired) electrons. The van der Waals surface area contributed by atoms with Crippen molar-refractivity contribution in [3.05, 3.63) is 65.7 Å². The second kappa shape index (κ2) is 9.45. The Labute approximate surface area is 169 Å². The number of carbonyl (C=O) groups is 1. The molecule has 3 rings (SSSR count). The van der Waals surface area contributed by atoms with Gasteiger partial charge >= 0.3 is 0 Å². The van der Waals surface area contributed by atoms with Crippen molar-refractivity contribution in [3.63, 3.8) is 0 Å². The minimum Gasteiger partial charge on any atom is -0.336 e. The first-order valence-electron chi connectivity index (χ1n) is 9.67. The molecule has 1 saturated heterocycles. The molecule has 0 saturated carbocycles. The van der Waals surface area contributed by atoms with E-state index >= 15 is 0 Å². The first kappa shape index (κ1) is 21.4. The van der Waals surface area contributed by atoms with Crippen LogP contribution in [0, 0.1) is 11.6 Å². The predicted octanol–water partition coefficient (Wildman–Crippen LogP) is 3.78. The van der Waals surface area contributed by atoms with Crippen LogP contribution in [-0.4, -0.2) is 32.3 Å². The maximum atomic E-state index is 13.3. The topological polar surface area (TPSA) is 66.5 Å². The zero-order valence-electron chi connectivity index (χ0n) is 16.0. The van der Waals surface area contributed by atoms with Crippen LogP contribution in [-0.2, 0) is 14.8 Å². The third-order valence-electron chi connectivity index (χ3n) is 5.09. The molecule has 8 heteroatoms. The molecule has 1 heterocycles. The van der Waals surface area contributed by atoms with Gasteiger partial charge in [0.15, 0.2) is 11.6 Å². The number of carbonyl (C=O) groups excluding carboxylic acids is 1. The van der Waals surface area contributed by atoms with Crippen LogP contribution in [0.25, 0.3) is 0 Å². The maximum absolute atomic E-state index is 13.3. The van der Waals surface area contributed by atoms with Crippen molar-refractivity contribution in [1.82, 2.24) is 9.62 Å². The van der Waals surface area contributed by atoms with Crippen molar-refractivity contribution in [1.29, 1.82) is 0 Å². The molecule has 1 aliphatic heterocycles. The average molecular weight is 422 g/mol. The number of amides is 1. The highest BCUT2D eigenvalue weighted by molar-refractivity contribution is 7.89. The number of halogens is 2. The van der Waals surface area contributed by atoms with Gasteiger partial charge in [-0.3, -0.25) is 4.79 Å². The number of likely N-dealkylation sites (tertiary alicyclic amines) is 1. The fraction of sp³-hybridized carbons (Fsp3) is 0.381. The van der Waals surface area contributed by atoms with Crippen molar-refractivity contribution >= 4 is 15.9 Å². The number of nitrogens with zero attached hydrogens (tertiary/aromatic N) is 1. The third-order valence-corrected chi connectivity index (χ3v) is 6.55. The Morgan fingerprint density at radius 3 is 2.52 bits per heavy atom. The van der Waals surface area contributed by atoms with Gasteiger partial charge in [-0.05, 0) is 36.6 Å². The van der Waals surface area contributed by atoms with Gasteiger partial charge in [0.2, 0.25) is 15.9 Å². The fourth-order valence-corrected chi connectivity index (χ4v) is 4.64. The highest BCUT2D eigenvalue weighted by atomic mass is 32.2. The molecule has 5 nitrogen and oxygen atoms in total. The summed E-state index contributed by atoms with van der Waals surface area (Å²) in [6.45, 7) is 0.520. The highest BCUT2D eigenvalue weighted by Gasteiger charge is 2.26. The molecule has 1 aliphatic rings. The minimum atomic E-state index is -4.03. The molecule has 2 aromatic carbocycles. The standard InChI is InChI=1S/C21H24F2N2O3S/c22-18-11-10-17(15-19(18)23)29(27,28)24-13-12-21(26)25-14-6-2-5-9-20(25)16-7-3-1-4-8-16/h1,3-4,7-8,10-11,15,20,24H,2,5-6,9,12-14H2. The van der Waals surface area contributed by atoms with Crippen LogP contribution < -0.4 is 4.72 Å². The van der Waals surface area contributed by atoms with E-state index in [2.05, 4.69) is 4.72 Å². The largest absolute Gasteiger partial charge is 0.336 e. The number of hydrogen-bond donors (Lipinski definition) is 1. The van der Waals surface area contributed by atoms with Gasteiger partial charge in [0.25, 0.3) is 0 Å². The molecule has 1 amide bonds. The van der Waals surface area contributed by atoms with Crippen LogP contribution in [0.4, 0.5) is 8.78 Å². The SMILES string of the molecule is O=C(CCNS(=O)(=O)c1ccc(F)c(F)c1)N1CCCCCC1c1ccccc1. The Morgan fingerprint density at radius 2 is 1.79 bits per heavy atom. The smallest absolute Gasteiger partial charge is 0.240 e. The van der Waals surface area contributed by atoms with Crippen LogP contribution >= 0.6 is 0 Å². The molecule has 0 bridgehead atoms. The number of hydrogen-bond acceptors (Lipinski definition) is 3. The number of sulfonamides is 1. The second-order valence-electron chi connectivity index (χ2n) is 7.09. The van der Waals surface area contributed by atoms with Gasteiger partial charge in [0.1, 0.15) is 0 Å². The van der Waals surface area contributed by atoms with E-state index in [0.717, 1.165) is 43.4 Å². The monoisotopic (exact) mass is 422 g/mol. The Kier molecular flexibility index (Phi) is 6.97. The van der Waals surface area contributed by atoms with Gasteiger partial charge in [-0.15, -0.1) is 0 Å². The van der Waals surface area contributed by atoms with Crippen molar-refractivity contribution in [2.24, 2.45) is 0 Å². The summed E-state index contributed by atoms with van der Waals surface area (Å²) in [5, 5.41) is 0. The zero-order chi connectivity index (χ0) is 20.9. The first-order chi connectivity index (χ1) is 13.9. The van der Waals surface area contributed by atoms with E-state index in [1.807, 2.05) is 35.2 Å². The second-order valence-corrected chi connectivity index (χ2v) is 8.85. The molecule has 0 spiro atoms. The van der Waals surface area contributed by atoms with E-state index in [9.17, 15) is 22.0 Å². The van der Waals surface area contributed by atoms with Gasteiger partial charge in [-0.1, -0.05) is 43.2 Å². The lowest BCUT2D eigenvalue weighted by Crippen LogP contribution is -2.37. The fourth-order valence-electron chi connectivity index (χ4n) is 3.59. The lowest BCUT2D eigenvalue weighted by Gasteiger charge is -2.30. The van der Waals surface area contributed by atoms with E-state index < -0.39 is 21.7 Å². The van der Waals surface area contributed by atoms with Gasteiger partial charge < -0.3 is 4.90 Å². The van der Waals surface area contributed by atoms with Gasteiger partial charge in [-0.25, -0.2) is 21.9 Å². The van der Waals surface area contributed by atoms with Crippen LogP contribution in [0.3, 0.4) is 0 Å². The van der Waals surface area contributed by atoms with Gasteiger partial charge in [0, 0.05) is 19.5 Å². The summed E-state index contributed by atoms with van der Waals surface area (Å²) in [5.74, 6) is -2.49. The predicted molar refractivity (Wildman–Crippen MR) is 106 cm³/mol. The quantitative estimate of drug-likeness (QED) is 0.771. The summed E-state index contributed by atoms with van der Waals surface area (Å²) in [7, 11) is -4.03.